The Morgan fingerprint density at radius 1 is 1.32 bits per heavy atom. The summed E-state index contributed by atoms with van der Waals surface area (Å²) in [6.07, 6.45) is 1.49. The lowest BCUT2D eigenvalue weighted by atomic mass is 10.2. The molecule has 2 aromatic rings. The molecule has 0 radical (unpaired) electrons. The van der Waals surface area contributed by atoms with Crippen LogP contribution in [0.2, 0.25) is 0 Å². The highest BCUT2D eigenvalue weighted by Gasteiger charge is 2.02. The van der Waals surface area contributed by atoms with E-state index in [1.165, 1.54) is 6.21 Å². The molecule has 1 aromatic carbocycles. The largest absolute Gasteiger partial charge is 0.383 e. The van der Waals surface area contributed by atoms with Crippen LogP contribution in [0.25, 0.3) is 0 Å². The molecule has 0 aliphatic heterocycles. The number of rotatable bonds is 2. The summed E-state index contributed by atoms with van der Waals surface area (Å²) < 4.78 is 0.153. The van der Waals surface area contributed by atoms with Crippen LogP contribution in [0.4, 0.5) is 11.5 Å². The molecule has 19 heavy (non-hydrogen) atoms. The van der Waals surface area contributed by atoms with Crippen LogP contribution in [0.5, 0.6) is 0 Å². The second-order valence-electron chi connectivity index (χ2n) is 3.66. The number of nitrogens with one attached hydrogen (secondary N) is 2. The van der Waals surface area contributed by atoms with Crippen LogP contribution in [-0.2, 0) is 0 Å². The highest BCUT2D eigenvalue weighted by Crippen LogP contribution is 2.12. The molecule has 0 aliphatic carbocycles. The number of benzene rings is 1. The first-order valence-corrected chi connectivity index (χ1v) is 5.67. The van der Waals surface area contributed by atoms with E-state index in [1.54, 1.807) is 24.3 Å². The predicted molar refractivity (Wildman–Crippen MR) is 75.1 cm³/mol. The van der Waals surface area contributed by atoms with Gasteiger partial charge in [-0.1, -0.05) is 12.1 Å². The van der Waals surface area contributed by atoms with Crippen molar-refractivity contribution in [2.45, 2.75) is 0 Å². The van der Waals surface area contributed by atoms with E-state index in [2.05, 4.69) is 15.0 Å². The molecule has 0 saturated carbocycles. The molecule has 2 rings (SSSR count). The second kappa shape index (κ2) is 5.29. The smallest absolute Gasteiger partial charge is 0.279 e. The van der Waals surface area contributed by atoms with Crippen molar-refractivity contribution in [3.8, 4) is 6.07 Å². The topological polar surface area (TPSA) is 111 Å². The average Bonchev–Trinajstić information content (AvgIpc) is 2.38. The van der Waals surface area contributed by atoms with Gasteiger partial charge in [-0.25, -0.2) is 4.99 Å². The quantitative estimate of drug-likeness (QED) is 0.569. The predicted octanol–water partition coefficient (Wildman–Crippen LogP) is 1.64. The summed E-state index contributed by atoms with van der Waals surface area (Å²) >= 11 is 4.78. The molecule has 0 spiro atoms. The molecule has 4 N–H and O–H groups in total. The SMILES string of the molecule is N#Cc1ccc(C=Nc2c(N)[nH]c(=S)[nH]c2=O)cc1. The number of nitrogens with two attached hydrogens (primary N) is 1. The molecular formula is C12H9N5OS. The zero-order chi connectivity index (χ0) is 13.8. The summed E-state index contributed by atoms with van der Waals surface area (Å²) in [5.74, 6) is 0.110. The van der Waals surface area contributed by atoms with Gasteiger partial charge in [-0.3, -0.25) is 9.78 Å². The Kier molecular flexibility index (Phi) is 3.54. The van der Waals surface area contributed by atoms with Crippen molar-refractivity contribution in [3.05, 3.63) is 50.5 Å². The van der Waals surface area contributed by atoms with Crippen LogP contribution in [0, 0.1) is 16.1 Å². The van der Waals surface area contributed by atoms with Crippen molar-refractivity contribution in [1.82, 2.24) is 9.97 Å². The van der Waals surface area contributed by atoms with Gasteiger partial charge < -0.3 is 10.7 Å². The first kappa shape index (κ1) is 12.7. The van der Waals surface area contributed by atoms with Gasteiger partial charge in [-0.05, 0) is 29.9 Å². The zero-order valence-electron chi connectivity index (χ0n) is 9.68. The molecule has 6 nitrogen and oxygen atoms in total. The number of anilines is 1. The third kappa shape index (κ3) is 2.94. The molecular weight excluding hydrogens is 262 g/mol. The van der Waals surface area contributed by atoms with E-state index < -0.39 is 5.56 Å². The maximum absolute atomic E-state index is 11.6. The fraction of sp³-hybridized carbons (Fsp3) is 0. The summed E-state index contributed by atoms with van der Waals surface area (Å²) in [6.45, 7) is 0. The van der Waals surface area contributed by atoms with Gasteiger partial charge in [0.2, 0.25) is 0 Å². The van der Waals surface area contributed by atoms with Gasteiger partial charge in [0.15, 0.2) is 10.5 Å². The van der Waals surface area contributed by atoms with Gasteiger partial charge >= 0.3 is 0 Å². The first-order chi connectivity index (χ1) is 9.10. The minimum Gasteiger partial charge on any atom is -0.383 e. The summed E-state index contributed by atoms with van der Waals surface area (Å²) in [5.41, 5.74) is 6.55. The van der Waals surface area contributed by atoms with E-state index in [9.17, 15) is 4.79 Å². The summed E-state index contributed by atoms with van der Waals surface area (Å²) in [4.78, 5) is 20.6. The van der Waals surface area contributed by atoms with E-state index in [4.69, 9.17) is 23.2 Å². The van der Waals surface area contributed by atoms with Gasteiger partial charge in [0, 0.05) is 6.21 Å². The van der Waals surface area contributed by atoms with E-state index in [-0.39, 0.29) is 16.3 Å². The van der Waals surface area contributed by atoms with Crippen molar-refractivity contribution >= 4 is 29.9 Å². The normalized spacial score (nSPS) is 10.5. The monoisotopic (exact) mass is 271 g/mol. The van der Waals surface area contributed by atoms with Gasteiger partial charge in [0.25, 0.3) is 5.56 Å². The van der Waals surface area contributed by atoms with Gasteiger partial charge in [-0.15, -0.1) is 0 Å². The fourth-order valence-electron chi connectivity index (χ4n) is 1.41. The minimum atomic E-state index is -0.453. The number of aromatic amines is 2. The van der Waals surface area contributed by atoms with Crippen molar-refractivity contribution in [2.75, 3.05) is 5.73 Å². The molecule has 0 fully saturated rings. The first-order valence-electron chi connectivity index (χ1n) is 5.26. The molecule has 7 heteroatoms. The Labute approximate surface area is 113 Å². The molecule has 0 atom stereocenters. The lowest BCUT2D eigenvalue weighted by molar-refractivity contribution is 1.09. The Hall–Kier alpha value is -2.72. The second-order valence-corrected chi connectivity index (χ2v) is 4.07. The van der Waals surface area contributed by atoms with Crippen molar-refractivity contribution in [3.63, 3.8) is 0 Å². The third-order valence-corrected chi connectivity index (χ3v) is 2.53. The summed E-state index contributed by atoms with van der Waals surface area (Å²) in [6, 6.07) is 8.78. The van der Waals surface area contributed by atoms with Crippen LogP contribution in [-0.4, -0.2) is 16.2 Å². The number of nitrogen functional groups attached to an aromatic ring is 1. The fourth-order valence-corrected chi connectivity index (χ4v) is 1.61. The van der Waals surface area contributed by atoms with Gasteiger partial charge in [0.1, 0.15) is 5.82 Å². The van der Waals surface area contributed by atoms with Crippen LogP contribution < -0.4 is 11.3 Å². The average molecular weight is 271 g/mol. The molecule has 1 aromatic heterocycles. The maximum Gasteiger partial charge on any atom is 0.279 e. The number of hydrogen-bond acceptors (Lipinski definition) is 5. The lowest BCUT2D eigenvalue weighted by Crippen LogP contribution is -2.10. The van der Waals surface area contributed by atoms with E-state index in [1.807, 2.05) is 6.07 Å². The molecule has 0 amide bonds. The minimum absolute atomic E-state index is 0.0676. The molecule has 0 saturated heterocycles. The number of hydrogen-bond donors (Lipinski definition) is 3. The van der Waals surface area contributed by atoms with Crippen molar-refractivity contribution in [2.24, 2.45) is 4.99 Å². The summed E-state index contributed by atoms with van der Waals surface area (Å²) in [7, 11) is 0. The number of aromatic nitrogens is 2. The van der Waals surface area contributed by atoms with Crippen LogP contribution in [0.15, 0.2) is 34.1 Å². The maximum atomic E-state index is 11.6. The zero-order valence-corrected chi connectivity index (χ0v) is 10.5. The van der Waals surface area contributed by atoms with Gasteiger partial charge in [0.05, 0.1) is 11.6 Å². The van der Waals surface area contributed by atoms with E-state index in [0.717, 1.165) is 5.56 Å². The molecule has 1 heterocycles. The molecule has 0 aliphatic rings. The highest BCUT2D eigenvalue weighted by molar-refractivity contribution is 7.71. The Morgan fingerprint density at radius 2 is 2.00 bits per heavy atom. The van der Waals surface area contributed by atoms with Crippen molar-refractivity contribution < 1.29 is 0 Å². The van der Waals surface area contributed by atoms with Crippen LogP contribution >= 0.6 is 12.2 Å². The summed E-state index contributed by atoms with van der Waals surface area (Å²) in [5, 5.41) is 8.68. The number of nitriles is 1. The standard InChI is InChI=1S/C12H9N5OS/c13-5-7-1-3-8(4-2-7)6-15-9-10(14)16-12(19)17-11(9)18/h1-4,6H,(H4,14,16,17,18,19). The number of aliphatic imine (C=N–C) groups is 1. The van der Waals surface area contributed by atoms with E-state index >= 15 is 0 Å². The molecule has 0 unspecified atom stereocenters. The molecule has 94 valence electrons. The van der Waals surface area contributed by atoms with E-state index in [0.29, 0.717) is 5.56 Å². The van der Waals surface area contributed by atoms with Gasteiger partial charge in [-0.2, -0.15) is 5.26 Å². The lowest BCUT2D eigenvalue weighted by Gasteiger charge is -1.98. The van der Waals surface area contributed by atoms with Crippen LogP contribution in [0.3, 0.4) is 0 Å². The van der Waals surface area contributed by atoms with Crippen molar-refractivity contribution in [1.29, 1.82) is 5.26 Å². The molecule has 0 bridgehead atoms. The van der Waals surface area contributed by atoms with Crippen LogP contribution in [0.1, 0.15) is 11.1 Å². The third-order valence-electron chi connectivity index (χ3n) is 2.33. The number of nitrogens with zero attached hydrogens (tertiary/aromatic N) is 2. The Balaban J connectivity index is 2.35. The Morgan fingerprint density at radius 3 is 2.58 bits per heavy atom. The number of H-pyrrole nitrogens is 2. The highest BCUT2D eigenvalue weighted by atomic mass is 32.1. The Bertz CT molecular complexity index is 779.